The molecule has 0 atom stereocenters. The zero-order chi connectivity index (χ0) is 14.6. The van der Waals surface area contributed by atoms with Crippen LogP contribution in [0, 0.1) is 0 Å². The van der Waals surface area contributed by atoms with Gasteiger partial charge < -0.3 is 9.84 Å². The predicted molar refractivity (Wildman–Crippen MR) is 75.3 cm³/mol. The molecule has 2 rings (SSSR count). The lowest BCUT2D eigenvalue weighted by Crippen LogP contribution is -2.38. The highest BCUT2D eigenvalue weighted by Gasteiger charge is 2.32. The van der Waals surface area contributed by atoms with Gasteiger partial charge in [-0.1, -0.05) is 18.9 Å². The lowest BCUT2D eigenvalue weighted by atomic mass is 10.0. The number of pyridine rings is 1. The van der Waals surface area contributed by atoms with E-state index in [1.54, 1.807) is 12.1 Å². The fraction of sp³-hybridized carbons (Fsp3) is 0.600. The van der Waals surface area contributed by atoms with Gasteiger partial charge >= 0.3 is 5.97 Å². The van der Waals surface area contributed by atoms with Crippen LogP contribution < -0.4 is 0 Å². The molecule has 0 unspecified atom stereocenters. The van der Waals surface area contributed by atoms with Crippen molar-refractivity contribution in [1.82, 2.24) is 9.88 Å². The van der Waals surface area contributed by atoms with Crippen molar-refractivity contribution in [1.29, 1.82) is 0 Å². The molecule has 0 amide bonds. The quantitative estimate of drug-likeness (QED) is 0.829. The molecule has 1 heterocycles. The number of likely N-dealkylation sites (N-methyl/N-ethyl adjacent to an activating group) is 1. The average Bonchev–Trinajstić information content (AvgIpc) is 2.84. The summed E-state index contributed by atoms with van der Waals surface area (Å²) in [4.78, 5) is 17.8. The van der Waals surface area contributed by atoms with Gasteiger partial charge in [-0.3, -0.25) is 4.90 Å². The van der Waals surface area contributed by atoms with E-state index in [-0.39, 0.29) is 0 Å². The van der Waals surface area contributed by atoms with Gasteiger partial charge in [0.1, 0.15) is 5.69 Å². The van der Waals surface area contributed by atoms with Gasteiger partial charge in [-0.25, -0.2) is 9.78 Å². The monoisotopic (exact) mass is 278 g/mol. The highest BCUT2D eigenvalue weighted by Crippen LogP contribution is 2.30. The molecule has 0 saturated heterocycles. The molecular formula is C15H22N2O3. The molecule has 110 valence electrons. The van der Waals surface area contributed by atoms with Gasteiger partial charge in [0, 0.05) is 13.1 Å². The van der Waals surface area contributed by atoms with E-state index in [9.17, 15) is 9.90 Å². The minimum Gasteiger partial charge on any atom is -0.464 e. The Morgan fingerprint density at radius 3 is 2.80 bits per heavy atom. The number of carbonyl (C=O) groups excluding carboxylic acids is 1. The van der Waals surface area contributed by atoms with Crippen molar-refractivity contribution in [2.45, 2.75) is 37.8 Å². The highest BCUT2D eigenvalue weighted by atomic mass is 16.5. The number of hydrogen-bond acceptors (Lipinski definition) is 5. The molecule has 0 bridgehead atoms. The van der Waals surface area contributed by atoms with Crippen molar-refractivity contribution in [3.63, 3.8) is 0 Å². The molecule has 0 aromatic carbocycles. The molecule has 5 nitrogen and oxygen atoms in total. The van der Waals surface area contributed by atoms with Crippen LogP contribution in [0.3, 0.4) is 0 Å². The number of aliphatic hydroxyl groups is 1. The third-order valence-electron chi connectivity index (χ3n) is 3.73. The summed E-state index contributed by atoms with van der Waals surface area (Å²) in [5.41, 5.74) is 0.560. The molecule has 1 fully saturated rings. The first-order chi connectivity index (χ1) is 9.52. The van der Waals surface area contributed by atoms with E-state index in [0.29, 0.717) is 18.8 Å². The molecule has 1 saturated carbocycles. The maximum atomic E-state index is 11.4. The molecule has 0 radical (unpaired) electrons. The van der Waals surface area contributed by atoms with E-state index in [0.717, 1.165) is 31.4 Å². The molecular weight excluding hydrogens is 256 g/mol. The first kappa shape index (κ1) is 14.9. The molecule has 0 spiro atoms. The van der Waals surface area contributed by atoms with Crippen molar-refractivity contribution in [3.05, 3.63) is 29.6 Å². The Labute approximate surface area is 119 Å². The van der Waals surface area contributed by atoms with Crippen LogP contribution in [0.4, 0.5) is 0 Å². The average molecular weight is 278 g/mol. The second kappa shape index (κ2) is 6.33. The molecule has 5 heteroatoms. The second-order valence-electron chi connectivity index (χ2n) is 5.61. The first-order valence-electron chi connectivity index (χ1n) is 6.98. The molecule has 1 aliphatic carbocycles. The van der Waals surface area contributed by atoms with E-state index in [1.165, 1.54) is 7.11 Å². The van der Waals surface area contributed by atoms with Crippen LogP contribution in [0.25, 0.3) is 0 Å². The third kappa shape index (κ3) is 3.77. The van der Waals surface area contributed by atoms with Crippen LogP contribution in [0.15, 0.2) is 18.2 Å². The minimum atomic E-state index is -0.561. The van der Waals surface area contributed by atoms with Gasteiger partial charge in [-0.15, -0.1) is 0 Å². The molecule has 1 aromatic heterocycles. The normalized spacial score (nSPS) is 17.4. The van der Waals surface area contributed by atoms with Gasteiger partial charge in [0.25, 0.3) is 0 Å². The molecule has 1 aliphatic rings. The summed E-state index contributed by atoms with van der Waals surface area (Å²) in [6, 6.07) is 5.31. The Morgan fingerprint density at radius 2 is 2.15 bits per heavy atom. The van der Waals surface area contributed by atoms with Crippen LogP contribution in [-0.2, 0) is 11.3 Å². The smallest absolute Gasteiger partial charge is 0.356 e. The maximum Gasteiger partial charge on any atom is 0.356 e. The second-order valence-corrected chi connectivity index (χ2v) is 5.61. The lowest BCUT2D eigenvalue weighted by molar-refractivity contribution is 0.0142. The van der Waals surface area contributed by atoms with Gasteiger partial charge in [0.2, 0.25) is 0 Å². The number of esters is 1. The Morgan fingerprint density at radius 1 is 1.45 bits per heavy atom. The molecule has 20 heavy (non-hydrogen) atoms. The van der Waals surface area contributed by atoms with Crippen molar-refractivity contribution < 1.29 is 14.6 Å². The van der Waals surface area contributed by atoms with Crippen molar-refractivity contribution >= 4 is 5.97 Å². The number of carbonyl (C=O) groups is 1. The van der Waals surface area contributed by atoms with E-state index >= 15 is 0 Å². The van der Waals surface area contributed by atoms with Crippen molar-refractivity contribution in [3.8, 4) is 0 Å². The summed E-state index contributed by atoms with van der Waals surface area (Å²) in [7, 11) is 3.31. The zero-order valence-corrected chi connectivity index (χ0v) is 12.1. The van der Waals surface area contributed by atoms with Crippen LogP contribution in [0.2, 0.25) is 0 Å². The van der Waals surface area contributed by atoms with Crippen LogP contribution in [-0.4, -0.2) is 47.3 Å². The van der Waals surface area contributed by atoms with Gasteiger partial charge in [0.15, 0.2) is 0 Å². The predicted octanol–water partition coefficient (Wildman–Crippen LogP) is 1.61. The van der Waals surface area contributed by atoms with Crippen LogP contribution in [0.1, 0.15) is 41.9 Å². The summed E-state index contributed by atoms with van der Waals surface area (Å²) >= 11 is 0. The summed E-state index contributed by atoms with van der Waals surface area (Å²) in [6.07, 6.45) is 3.93. The van der Waals surface area contributed by atoms with Gasteiger partial charge in [-0.2, -0.15) is 0 Å². The van der Waals surface area contributed by atoms with Crippen LogP contribution in [0.5, 0.6) is 0 Å². The topological polar surface area (TPSA) is 62.7 Å². The van der Waals surface area contributed by atoms with E-state index in [4.69, 9.17) is 0 Å². The SMILES string of the molecule is COC(=O)c1cccc(CN(C)CC2(O)CCCC2)n1. The summed E-state index contributed by atoms with van der Waals surface area (Å²) < 4.78 is 4.66. The minimum absolute atomic E-state index is 0.318. The Kier molecular flexibility index (Phi) is 4.73. The maximum absolute atomic E-state index is 11.4. The molecule has 1 aromatic rings. The first-order valence-corrected chi connectivity index (χ1v) is 6.98. The fourth-order valence-corrected chi connectivity index (χ4v) is 2.81. The van der Waals surface area contributed by atoms with E-state index in [2.05, 4.69) is 14.6 Å². The highest BCUT2D eigenvalue weighted by molar-refractivity contribution is 5.87. The number of ether oxygens (including phenoxy) is 1. The summed E-state index contributed by atoms with van der Waals surface area (Å²) in [5, 5.41) is 10.4. The number of nitrogens with zero attached hydrogens (tertiary/aromatic N) is 2. The Hall–Kier alpha value is -1.46. The number of aromatic nitrogens is 1. The van der Waals surface area contributed by atoms with Crippen LogP contribution >= 0.6 is 0 Å². The fourth-order valence-electron chi connectivity index (χ4n) is 2.81. The van der Waals surface area contributed by atoms with Crippen molar-refractivity contribution in [2.24, 2.45) is 0 Å². The number of hydrogen-bond donors (Lipinski definition) is 1. The Bertz CT molecular complexity index is 470. The van der Waals surface area contributed by atoms with E-state index in [1.807, 2.05) is 13.1 Å². The number of methoxy groups -OCH3 is 1. The standard InChI is InChI=1S/C15H22N2O3/c1-17(11-15(19)8-3-4-9-15)10-12-6-5-7-13(16-12)14(18)20-2/h5-7,19H,3-4,8-11H2,1-2H3. The summed E-state index contributed by atoms with van der Waals surface area (Å²) in [5.74, 6) is -0.427. The Balaban J connectivity index is 1.97. The largest absolute Gasteiger partial charge is 0.464 e. The summed E-state index contributed by atoms with van der Waals surface area (Å²) in [6.45, 7) is 1.24. The third-order valence-corrected chi connectivity index (χ3v) is 3.73. The van der Waals surface area contributed by atoms with Gasteiger partial charge in [-0.05, 0) is 32.0 Å². The van der Waals surface area contributed by atoms with Gasteiger partial charge in [0.05, 0.1) is 18.4 Å². The van der Waals surface area contributed by atoms with Crippen molar-refractivity contribution in [2.75, 3.05) is 20.7 Å². The molecule has 1 N–H and O–H groups in total. The zero-order valence-electron chi connectivity index (χ0n) is 12.1. The number of rotatable bonds is 5. The van der Waals surface area contributed by atoms with E-state index < -0.39 is 11.6 Å². The lowest BCUT2D eigenvalue weighted by Gasteiger charge is -2.28. The molecule has 0 aliphatic heterocycles.